The number of carbonyl (C=O) groups excluding carboxylic acids is 1. The van der Waals surface area contributed by atoms with Gasteiger partial charge in [-0.3, -0.25) is 9.78 Å². The van der Waals surface area contributed by atoms with Crippen LogP contribution in [0.15, 0.2) is 72.1 Å². The normalized spacial score (nSPS) is 10.8. The van der Waals surface area contributed by atoms with Gasteiger partial charge in [-0.15, -0.1) is 10.2 Å². The topological polar surface area (TPSA) is 85.1 Å². The molecule has 7 nitrogen and oxygen atoms in total. The highest BCUT2D eigenvalue weighted by Crippen LogP contribution is 2.20. The van der Waals surface area contributed by atoms with Gasteiger partial charge in [-0.25, -0.2) is 0 Å². The monoisotopic (exact) mass is 362 g/mol. The lowest BCUT2D eigenvalue weighted by molar-refractivity contribution is -0.113. The minimum Gasteiger partial charge on any atom is -0.325 e. The zero-order valence-electron chi connectivity index (χ0n) is 13.6. The second-order valence-corrected chi connectivity index (χ2v) is 6.35. The third-order valence-corrected chi connectivity index (χ3v) is 4.52. The number of carbonyl (C=O) groups is 1. The first-order valence-corrected chi connectivity index (χ1v) is 8.89. The molecule has 0 aliphatic rings. The Morgan fingerprint density at radius 2 is 1.81 bits per heavy atom. The van der Waals surface area contributed by atoms with Crippen LogP contribution in [0.1, 0.15) is 0 Å². The van der Waals surface area contributed by atoms with Gasteiger partial charge in [-0.2, -0.15) is 9.61 Å². The second-order valence-electron chi connectivity index (χ2n) is 5.41. The molecule has 26 heavy (non-hydrogen) atoms. The number of benzene rings is 1. The van der Waals surface area contributed by atoms with E-state index in [0.717, 1.165) is 16.9 Å². The zero-order valence-corrected chi connectivity index (χ0v) is 14.4. The summed E-state index contributed by atoms with van der Waals surface area (Å²) in [6.45, 7) is 0. The number of hydrogen-bond acceptors (Lipinski definition) is 6. The maximum absolute atomic E-state index is 12.1. The Morgan fingerprint density at radius 1 is 1.00 bits per heavy atom. The van der Waals surface area contributed by atoms with E-state index in [2.05, 4.69) is 25.6 Å². The average Bonchev–Trinajstić information content (AvgIpc) is 3.10. The van der Waals surface area contributed by atoms with E-state index in [9.17, 15) is 4.79 Å². The summed E-state index contributed by atoms with van der Waals surface area (Å²) in [7, 11) is 0. The van der Waals surface area contributed by atoms with Crippen molar-refractivity contribution in [3.8, 4) is 11.3 Å². The third kappa shape index (κ3) is 3.55. The van der Waals surface area contributed by atoms with Crippen molar-refractivity contribution in [3.63, 3.8) is 0 Å². The molecule has 0 saturated carbocycles. The molecule has 3 aromatic heterocycles. The summed E-state index contributed by atoms with van der Waals surface area (Å²) in [6.07, 6.45) is 3.44. The summed E-state index contributed by atoms with van der Waals surface area (Å²) < 4.78 is 1.65. The van der Waals surface area contributed by atoms with Crippen LogP contribution >= 0.6 is 11.8 Å². The van der Waals surface area contributed by atoms with Crippen molar-refractivity contribution in [2.24, 2.45) is 0 Å². The van der Waals surface area contributed by atoms with Gasteiger partial charge in [0, 0.05) is 23.6 Å². The fourth-order valence-electron chi connectivity index (χ4n) is 2.38. The van der Waals surface area contributed by atoms with E-state index in [4.69, 9.17) is 0 Å². The van der Waals surface area contributed by atoms with Gasteiger partial charge in [0.2, 0.25) is 11.1 Å². The number of aromatic nitrogens is 5. The number of pyridine rings is 1. The molecule has 0 radical (unpaired) electrons. The summed E-state index contributed by atoms with van der Waals surface area (Å²) in [5.74, 6) is 0.111. The van der Waals surface area contributed by atoms with E-state index >= 15 is 0 Å². The van der Waals surface area contributed by atoms with Crippen LogP contribution in [-0.4, -0.2) is 36.5 Å². The fraction of sp³-hybridized carbons (Fsp3) is 0.0556. The number of hydrogen-bond donors (Lipinski definition) is 1. The van der Waals surface area contributed by atoms with Gasteiger partial charge >= 0.3 is 0 Å². The highest BCUT2D eigenvalue weighted by atomic mass is 32.2. The Hall–Kier alpha value is -3.26. The van der Waals surface area contributed by atoms with Gasteiger partial charge in [0.1, 0.15) is 0 Å². The number of para-hydroxylation sites is 1. The molecule has 4 aromatic rings. The Kier molecular flexibility index (Phi) is 4.57. The van der Waals surface area contributed by atoms with E-state index in [1.807, 2.05) is 54.6 Å². The lowest BCUT2D eigenvalue weighted by atomic mass is 10.2. The van der Waals surface area contributed by atoms with Gasteiger partial charge in [0.05, 0.1) is 11.4 Å². The Balaban J connectivity index is 1.50. The number of amides is 1. The van der Waals surface area contributed by atoms with Crippen molar-refractivity contribution >= 4 is 29.0 Å². The molecule has 0 atom stereocenters. The standard InChI is InChI=1S/C18H14N6OS/c25-17(20-14-4-2-1-3-5-14)12-26-18-22-21-16-7-6-15(23-24(16)18)13-8-10-19-11-9-13/h1-11H,12H2,(H,20,25). The van der Waals surface area contributed by atoms with Crippen LogP contribution in [0.5, 0.6) is 0 Å². The molecular formula is C18H14N6OS. The van der Waals surface area contributed by atoms with E-state index in [0.29, 0.717) is 10.8 Å². The van der Waals surface area contributed by atoms with Crippen LogP contribution in [0.3, 0.4) is 0 Å². The maximum Gasteiger partial charge on any atom is 0.234 e. The molecular weight excluding hydrogens is 348 g/mol. The number of fused-ring (bicyclic) bond motifs is 1. The van der Waals surface area contributed by atoms with Gasteiger partial charge in [0.25, 0.3) is 0 Å². The molecule has 0 aliphatic carbocycles. The van der Waals surface area contributed by atoms with Crippen molar-refractivity contribution in [2.75, 3.05) is 11.1 Å². The summed E-state index contributed by atoms with van der Waals surface area (Å²) in [4.78, 5) is 16.1. The number of rotatable bonds is 5. The molecule has 0 unspecified atom stereocenters. The molecule has 0 bridgehead atoms. The molecule has 1 N–H and O–H groups in total. The predicted octanol–water partition coefficient (Wildman–Crippen LogP) is 2.92. The number of nitrogens with zero attached hydrogens (tertiary/aromatic N) is 5. The lowest BCUT2D eigenvalue weighted by Gasteiger charge is -2.04. The zero-order chi connectivity index (χ0) is 17.8. The Labute approximate surface area is 153 Å². The van der Waals surface area contributed by atoms with E-state index in [-0.39, 0.29) is 11.7 Å². The molecule has 4 rings (SSSR count). The molecule has 0 aliphatic heterocycles. The van der Waals surface area contributed by atoms with Crippen LogP contribution in [0, 0.1) is 0 Å². The van der Waals surface area contributed by atoms with Crippen LogP contribution in [0.25, 0.3) is 16.9 Å². The van der Waals surface area contributed by atoms with E-state index in [1.165, 1.54) is 11.8 Å². The van der Waals surface area contributed by atoms with Crippen molar-refractivity contribution in [1.29, 1.82) is 0 Å². The minimum absolute atomic E-state index is 0.108. The largest absolute Gasteiger partial charge is 0.325 e. The van der Waals surface area contributed by atoms with Crippen LogP contribution in [-0.2, 0) is 4.79 Å². The first kappa shape index (κ1) is 16.2. The number of nitrogens with one attached hydrogen (secondary N) is 1. The molecule has 0 spiro atoms. The van der Waals surface area contributed by atoms with Gasteiger partial charge in [-0.05, 0) is 36.4 Å². The highest BCUT2D eigenvalue weighted by molar-refractivity contribution is 7.99. The molecule has 1 amide bonds. The van der Waals surface area contributed by atoms with Crippen molar-refractivity contribution < 1.29 is 4.79 Å². The van der Waals surface area contributed by atoms with Crippen LogP contribution in [0.4, 0.5) is 5.69 Å². The molecule has 0 fully saturated rings. The van der Waals surface area contributed by atoms with E-state index in [1.54, 1.807) is 16.9 Å². The first-order chi connectivity index (χ1) is 12.8. The van der Waals surface area contributed by atoms with Crippen molar-refractivity contribution in [1.82, 2.24) is 24.8 Å². The summed E-state index contributed by atoms with van der Waals surface area (Å²) >= 11 is 1.29. The average molecular weight is 362 g/mol. The SMILES string of the molecule is O=C(CSc1nnc2ccc(-c3ccncc3)nn12)Nc1ccccc1. The Bertz CT molecular complexity index is 1040. The fourth-order valence-corrected chi connectivity index (χ4v) is 3.07. The molecule has 1 aromatic carbocycles. The smallest absolute Gasteiger partial charge is 0.234 e. The maximum atomic E-state index is 12.1. The molecule has 3 heterocycles. The molecule has 0 saturated heterocycles. The second kappa shape index (κ2) is 7.32. The Morgan fingerprint density at radius 3 is 2.62 bits per heavy atom. The lowest BCUT2D eigenvalue weighted by Crippen LogP contribution is -2.14. The molecule has 128 valence electrons. The van der Waals surface area contributed by atoms with Gasteiger partial charge < -0.3 is 5.32 Å². The summed E-state index contributed by atoms with van der Waals surface area (Å²) in [6, 6.07) is 16.9. The highest BCUT2D eigenvalue weighted by Gasteiger charge is 2.11. The summed E-state index contributed by atoms with van der Waals surface area (Å²) in [5.41, 5.74) is 3.14. The van der Waals surface area contributed by atoms with E-state index < -0.39 is 0 Å². The predicted molar refractivity (Wildman–Crippen MR) is 99.8 cm³/mol. The summed E-state index contributed by atoms with van der Waals surface area (Å²) in [5, 5.41) is 16.2. The third-order valence-electron chi connectivity index (χ3n) is 3.60. The van der Waals surface area contributed by atoms with Crippen molar-refractivity contribution in [3.05, 3.63) is 67.0 Å². The number of thioether (sulfide) groups is 1. The van der Waals surface area contributed by atoms with Crippen LogP contribution in [0.2, 0.25) is 0 Å². The van der Waals surface area contributed by atoms with Gasteiger partial charge in [0.15, 0.2) is 5.65 Å². The van der Waals surface area contributed by atoms with Crippen molar-refractivity contribution in [2.45, 2.75) is 5.16 Å². The number of anilines is 1. The first-order valence-electron chi connectivity index (χ1n) is 7.90. The van der Waals surface area contributed by atoms with Crippen LogP contribution < -0.4 is 5.32 Å². The quantitative estimate of drug-likeness (QED) is 0.550. The van der Waals surface area contributed by atoms with Gasteiger partial charge in [-0.1, -0.05) is 30.0 Å². The molecule has 8 heteroatoms. The minimum atomic E-state index is -0.108.